The molecule has 0 spiro atoms. The van der Waals surface area contributed by atoms with Crippen molar-refractivity contribution in [3.8, 4) is 0 Å². The zero-order chi connectivity index (χ0) is 25.6. The van der Waals surface area contributed by atoms with E-state index in [4.69, 9.17) is 4.52 Å². The summed E-state index contributed by atoms with van der Waals surface area (Å²) in [6, 6.07) is 11.3. The first-order chi connectivity index (χ1) is 17.1. The highest BCUT2D eigenvalue weighted by Gasteiger charge is 2.23. The summed E-state index contributed by atoms with van der Waals surface area (Å²) in [4.78, 5) is 35.5. The van der Waals surface area contributed by atoms with Crippen molar-refractivity contribution in [1.29, 1.82) is 0 Å². The number of aryl methyl sites for hydroxylation is 1. The summed E-state index contributed by atoms with van der Waals surface area (Å²) >= 11 is 0. The number of benzene rings is 2. The lowest BCUT2D eigenvalue weighted by Gasteiger charge is -2.11. The van der Waals surface area contributed by atoms with E-state index in [1.54, 1.807) is 10.6 Å². The number of carbonyl (C=O) groups is 1. The van der Waals surface area contributed by atoms with E-state index in [2.05, 4.69) is 20.4 Å². The Morgan fingerprint density at radius 3 is 2.69 bits per heavy atom. The van der Waals surface area contributed by atoms with Crippen molar-refractivity contribution < 1.29 is 13.7 Å². The number of nitrogens with one attached hydrogen (secondary N) is 1. The highest BCUT2D eigenvalue weighted by Crippen LogP contribution is 2.27. The van der Waals surface area contributed by atoms with Gasteiger partial charge in [0.1, 0.15) is 29.9 Å². The Kier molecular flexibility index (Phi) is 5.66. The maximum atomic E-state index is 13.6. The van der Waals surface area contributed by atoms with Crippen LogP contribution in [0.2, 0.25) is 0 Å². The van der Waals surface area contributed by atoms with E-state index in [0.717, 1.165) is 10.9 Å². The Labute approximate surface area is 205 Å². The van der Waals surface area contributed by atoms with E-state index in [1.165, 1.54) is 29.1 Å². The van der Waals surface area contributed by atoms with Gasteiger partial charge in [0.15, 0.2) is 5.82 Å². The fourth-order valence-electron chi connectivity index (χ4n) is 4.07. The molecule has 0 aliphatic carbocycles. The molecular weight excluding hydrogens is 463 g/mol. The maximum absolute atomic E-state index is 13.6. The van der Waals surface area contributed by atoms with Gasteiger partial charge >= 0.3 is 0 Å². The van der Waals surface area contributed by atoms with Crippen LogP contribution in [0.25, 0.3) is 21.9 Å². The molecule has 3 aromatic heterocycles. The zero-order valence-corrected chi connectivity index (χ0v) is 20.4. The van der Waals surface area contributed by atoms with Gasteiger partial charge < -0.3 is 14.4 Å². The number of nitrogens with zero attached hydrogens (tertiary/aromatic N) is 5. The van der Waals surface area contributed by atoms with E-state index < -0.39 is 11.7 Å². The molecule has 0 aliphatic heterocycles. The van der Waals surface area contributed by atoms with Crippen LogP contribution in [-0.2, 0) is 23.3 Å². The Bertz CT molecular complexity index is 1680. The lowest BCUT2D eigenvalue weighted by molar-refractivity contribution is -0.116. The Hall–Kier alpha value is -4.34. The molecule has 5 aromatic rings. The summed E-state index contributed by atoms with van der Waals surface area (Å²) in [7, 11) is 0. The quantitative estimate of drug-likeness (QED) is 0.398. The van der Waals surface area contributed by atoms with Crippen LogP contribution in [0.15, 0.2) is 58.1 Å². The summed E-state index contributed by atoms with van der Waals surface area (Å²) in [6.07, 6.45) is 1.45. The van der Waals surface area contributed by atoms with Gasteiger partial charge in [0.2, 0.25) is 11.8 Å². The van der Waals surface area contributed by atoms with Crippen LogP contribution < -0.4 is 10.9 Å². The van der Waals surface area contributed by atoms with Gasteiger partial charge in [-0.1, -0.05) is 43.6 Å². The molecule has 0 aliphatic rings. The molecule has 9 nitrogen and oxygen atoms in total. The van der Waals surface area contributed by atoms with Gasteiger partial charge in [0, 0.05) is 16.5 Å². The SMILES string of the molecule is Cc1ccc2c(c1)c1ncn(Cc3nc(C(C)(C)C)no3)c(=O)c1n2CC(=O)Nc1cccc(F)c1. The van der Waals surface area contributed by atoms with Crippen LogP contribution >= 0.6 is 0 Å². The third-order valence-corrected chi connectivity index (χ3v) is 5.84. The Balaban J connectivity index is 1.57. The van der Waals surface area contributed by atoms with Crippen molar-refractivity contribution in [2.75, 3.05) is 5.32 Å². The van der Waals surface area contributed by atoms with Crippen LogP contribution in [0.3, 0.4) is 0 Å². The van der Waals surface area contributed by atoms with Crippen molar-refractivity contribution in [3.05, 3.63) is 82.2 Å². The molecule has 0 fully saturated rings. The molecule has 2 aromatic carbocycles. The monoisotopic (exact) mass is 488 g/mol. The number of rotatable bonds is 5. The lowest BCUT2D eigenvalue weighted by Crippen LogP contribution is -2.25. The molecule has 0 saturated heterocycles. The Morgan fingerprint density at radius 2 is 1.97 bits per heavy atom. The molecule has 184 valence electrons. The molecule has 0 radical (unpaired) electrons. The number of anilines is 1. The highest BCUT2D eigenvalue weighted by molar-refractivity contribution is 6.06. The van der Waals surface area contributed by atoms with Crippen molar-refractivity contribution in [1.82, 2.24) is 24.3 Å². The van der Waals surface area contributed by atoms with Gasteiger partial charge in [-0.3, -0.25) is 14.2 Å². The summed E-state index contributed by atoms with van der Waals surface area (Å²) in [5.74, 6) is -0.0342. The molecule has 10 heteroatoms. The van der Waals surface area contributed by atoms with Gasteiger partial charge in [-0.25, -0.2) is 9.37 Å². The zero-order valence-electron chi connectivity index (χ0n) is 20.4. The van der Waals surface area contributed by atoms with Crippen LogP contribution in [0, 0.1) is 12.7 Å². The fraction of sp³-hybridized carbons (Fsp3) is 0.269. The average Bonchev–Trinajstić information content (AvgIpc) is 3.39. The van der Waals surface area contributed by atoms with E-state index in [0.29, 0.717) is 22.5 Å². The molecule has 0 bridgehead atoms. The van der Waals surface area contributed by atoms with E-state index in [9.17, 15) is 14.0 Å². The first-order valence-electron chi connectivity index (χ1n) is 11.5. The normalized spacial score (nSPS) is 11.9. The highest BCUT2D eigenvalue weighted by atomic mass is 19.1. The minimum Gasteiger partial charge on any atom is -0.337 e. The van der Waals surface area contributed by atoms with Crippen LogP contribution in [0.1, 0.15) is 38.0 Å². The minimum absolute atomic E-state index is 0.0426. The molecule has 36 heavy (non-hydrogen) atoms. The standard InChI is InChI=1S/C26H25FN6O3/c1-15-8-9-19-18(10-15)22-23(33(19)12-20(34)29-17-7-5-6-16(27)11-17)24(35)32(14-28-22)13-21-30-25(31-36-21)26(2,3)4/h5-11,14H,12-13H2,1-4H3,(H,29,34). The summed E-state index contributed by atoms with van der Waals surface area (Å²) < 4.78 is 21.9. The van der Waals surface area contributed by atoms with Gasteiger partial charge in [0.25, 0.3) is 5.56 Å². The number of hydrogen-bond donors (Lipinski definition) is 1. The summed E-state index contributed by atoms with van der Waals surface area (Å²) in [6.45, 7) is 7.74. The molecule has 1 amide bonds. The Morgan fingerprint density at radius 1 is 1.17 bits per heavy atom. The van der Waals surface area contributed by atoms with E-state index >= 15 is 0 Å². The second-order valence-corrected chi connectivity index (χ2v) is 9.80. The van der Waals surface area contributed by atoms with Gasteiger partial charge in [-0.15, -0.1) is 0 Å². The predicted molar refractivity (Wildman–Crippen MR) is 133 cm³/mol. The second kappa shape index (κ2) is 8.71. The van der Waals surface area contributed by atoms with Gasteiger partial charge in [-0.05, 0) is 37.3 Å². The molecular formula is C26H25FN6O3. The largest absolute Gasteiger partial charge is 0.337 e. The molecule has 0 saturated carbocycles. The molecule has 5 rings (SSSR count). The van der Waals surface area contributed by atoms with Crippen molar-refractivity contribution in [2.45, 2.75) is 46.2 Å². The average molecular weight is 489 g/mol. The number of hydrogen-bond acceptors (Lipinski definition) is 6. The smallest absolute Gasteiger partial charge is 0.278 e. The first kappa shape index (κ1) is 23.4. The molecule has 3 heterocycles. The van der Waals surface area contributed by atoms with Gasteiger partial charge in [0.05, 0.1) is 11.8 Å². The van der Waals surface area contributed by atoms with Crippen LogP contribution in [0.5, 0.6) is 0 Å². The van der Waals surface area contributed by atoms with Crippen LogP contribution in [0.4, 0.5) is 10.1 Å². The van der Waals surface area contributed by atoms with Crippen molar-refractivity contribution in [2.24, 2.45) is 0 Å². The third-order valence-electron chi connectivity index (χ3n) is 5.84. The molecule has 0 unspecified atom stereocenters. The topological polar surface area (TPSA) is 108 Å². The van der Waals surface area contributed by atoms with E-state index in [-0.39, 0.29) is 35.5 Å². The molecule has 1 N–H and O–H groups in total. The number of amides is 1. The molecule has 0 atom stereocenters. The number of aromatic nitrogens is 5. The van der Waals surface area contributed by atoms with Crippen molar-refractivity contribution in [3.63, 3.8) is 0 Å². The first-order valence-corrected chi connectivity index (χ1v) is 11.5. The lowest BCUT2D eigenvalue weighted by atomic mass is 9.96. The van der Waals surface area contributed by atoms with E-state index in [1.807, 2.05) is 45.9 Å². The number of carbonyl (C=O) groups excluding carboxylic acids is 1. The fourth-order valence-corrected chi connectivity index (χ4v) is 4.07. The van der Waals surface area contributed by atoms with Crippen LogP contribution in [-0.4, -0.2) is 30.2 Å². The number of fused-ring (bicyclic) bond motifs is 3. The second-order valence-electron chi connectivity index (χ2n) is 9.80. The predicted octanol–water partition coefficient (Wildman–Crippen LogP) is 4.17. The summed E-state index contributed by atoms with van der Waals surface area (Å²) in [5, 5.41) is 7.47. The van der Waals surface area contributed by atoms with Gasteiger partial charge in [-0.2, -0.15) is 4.98 Å². The van der Waals surface area contributed by atoms with Crippen molar-refractivity contribution >= 4 is 33.5 Å². The minimum atomic E-state index is -0.456. The number of halogens is 1. The maximum Gasteiger partial charge on any atom is 0.278 e. The summed E-state index contributed by atoms with van der Waals surface area (Å²) in [5.41, 5.74) is 2.16. The third kappa shape index (κ3) is 4.37.